The number of fused-ring (bicyclic) bond motifs is 4. The van der Waals surface area contributed by atoms with Crippen LogP contribution in [-0.2, 0) is 10.3 Å². The largest absolute Gasteiger partial charge is 0.493 e. The number of nitrogens with zero attached hydrogens (tertiary/aromatic N) is 1. The van der Waals surface area contributed by atoms with Gasteiger partial charge >= 0.3 is 6.09 Å². The van der Waals surface area contributed by atoms with Crippen LogP contribution in [0.2, 0.25) is 0 Å². The summed E-state index contributed by atoms with van der Waals surface area (Å²) in [6.07, 6.45) is 2.71. The van der Waals surface area contributed by atoms with Crippen molar-refractivity contribution in [1.29, 1.82) is 0 Å². The van der Waals surface area contributed by atoms with E-state index in [1.807, 2.05) is 0 Å². The molecule has 5 nitrogen and oxygen atoms in total. The van der Waals surface area contributed by atoms with Gasteiger partial charge in [0.25, 0.3) is 0 Å². The molecule has 5 heterocycles. The Kier molecular flexibility index (Phi) is 4.79. The SMILES string of the molecule is Cc1cscc1-c1ccc2c(c1)OCCC2(C)NC(=O)O[C@H]1CN2CCC1CC2. The van der Waals surface area contributed by atoms with E-state index >= 15 is 0 Å². The lowest BCUT2D eigenvalue weighted by Crippen LogP contribution is -2.54. The first-order valence-corrected chi connectivity index (χ1v) is 11.5. The third-order valence-corrected chi connectivity index (χ3v) is 7.70. The molecule has 0 radical (unpaired) electrons. The van der Waals surface area contributed by atoms with E-state index in [1.165, 1.54) is 11.1 Å². The van der Waals surface area contributed by atoms with E-state index in [0.29, 0.717) is 12.5 Å². The summed E-state index contributed by atoms with van der Waals surface area (Å²) >= 11 is 1.71. The van der Waals surface area contributed by atoms with Gasteiger partial charge in [0.1, 0.15) is 11.9 Å². The van der Waals surface area contributed by atoms with Gasteiger partial charge in [0, 0.05) is 18.5 Å². The van der Waals surface area contributed by atoms with Crippen LogP contribution in [-0.4, -0.2) is 43.3 Å². The molecular weight excluding hydrogens is 384 g/mol. The van der Waals surface area contributed by atoms with E-state index in [9.17, 15) is 4.79 Å². The van der Waals surface area contributed by atoms with Gasteiger partial charge in [-0.05, 0) is 79.2 Å². The summed E-state index contributed by atoms with van der Waals surface area (Å²) in [5.41, 5.74) is 4.20. The van der Waals surface area contributed by atoms with Gasteiger partial charge in [0.15, 0.2) is 0 Å². The highest BCUT2D eigenvalue weighted by atomic mass is 32.1. The Morgan fingerprint density at radius 3 is 2.83 bits per heavy atom. The minimum atomic E-state index is -0.485. The van der Waals surface area contributed by atoms with E-state index in [0.717, 1.165) is 55.8 Å². The quantitative estimate of drug-likeness (QED) is 0.804. The number of alkyl carbamates (subject to hydrolysis) is 1. The first-order chi connectivity index (χ1) is 14.0. The van der Waals surface area contributed by atoms with Crippen molar-refractivity contribution in [1.82, 2.24) is 10.2 Å². The number of hydrogen-bond acceptors (Lipinski definition) is 5. The zero-order chi connectivity index (χ0) is 20.0. The van der Waals surface area contributed by atoms with Gasteiger partial charge in [-0.15, -0.1) is 0 Å². The monoisotopic (exact) mass is 412 g/mol. The van der Waals surface area contributed by atoms with Gasteiger partial charge in [-0.2, -0.15) is 11.3 Å². The van der Waals surface area contributed by atoms with Crippen molar-refractivity contribution in [2.24, 2.45) is 5.92 Å². The Balaban J connectivity index is 1.33. The van der Waals surface area contributed by atoms with Crippen LogP contribution in [0, 0.1) is 12.8 Å². The number of carbonyl (C=O) groups excluding carboxylic acids is 1. The second-order valence-corrected chi connectivity index (χ2v) is 9.56. The fourth-order valence-corrected chi connectivity index (χ4v) is 5.84. The van der Waals surface area contributed by atoms with Gasteiger partial charge in [-0.3, -0.25) is 4.90 Å². The van der Waals surface area contributed by atoms with Crippen LogP contribution in [0.1, 0.15) is 37.3 Å². The van der Waals surface area contributed by atoms with E-state index in [4.69, 9.17) is 9.47 Å². The average Bonchev–Trinajstić information content (AvgIpc) is 3.14. The Morgan fingerprint density at radius 1 is 1.31 bits per heavy atom. The molecule has 0 saturated carbocycles. The molecule has 2 bridgehead atoms. The van der Waals surface area contributed by atoms with Crippen LogP contribution in [0.25, 0.3) is 11.1 Å². The van der Waals surface area contributed by atoms with E-state index < -0.39 is 5.54 Å². The van der Waals surface area contributed by atoms with Crippen LogP contribution in [0.4, 0.5) is 4.79 Å². The van der Waals surface area contributed by atoms with Crippen LogP contribution in [0.15, 0.2) is 29.0 Å². The van der Waals surface area contributed by atoms with Crippen molar-refractivity contribution >= 4 is 17.4 Å². The maximum absolute atomic E-state index is 12.8. The number of benzene rings is 1. The average molecular weight is 413 g/mol. The summed E-state index contributed by atoms with van der Waals surface area (Å²) in [5, 5.41) is 7.49. The molecule has 6 heteroatoms. The maximum atomic E-state index is 12.8. The zero-order valence-corrected chi connectivity index (χ0v) is 17.9. The minimum Gasteiger partial charge on any atom is -0.493 e. The minimum absolute atomic E-state index is 0.0179. The van der Waals surface area contributed by atoms with Crippen LogP contribution < -0.4 is 10.1 Å². The standard InChI is InChI=1S/C23H28N2O3S/c1-15-13-29-14-18(15)17-3-4-19-20(11-17)27-10-7-23(19,2)24-22(26)28-21-12-25-8-5-16(21)6-9-25/h3-4,11,13-14,16,21H,5-10,12H2,1-2H3,(H,24,26)/t21-,23?/m0/s1. The maximum Gasteiger partial charge on any atom is 0.408 e. The molecule has 3 fully saturated rings. The zero-order valence-electron chi connectivity index (χ0n) is 17.1. The number of piperidine rings is 3. The molecule has 0 spiro atoms. The van der Waals surface area contributed by atoms with Crippen LogP contribution >= 0.6 is 11.3 Å². The fourth-order valence-electron chi connectivity index (χ4n) is 4.99. The van der Waals surface area contributed by atoms with Gasteiger partial charge in [0.05, 0.1) is 12.1 Å². The molecule has 1 amide bonds. The summed E-state index contributed by atoms with van der Waals surface area (Å²) in [5.74, 6) is 1.36. The normalized spacial score (nSPS) is 30.3. The molecule has 1 aromatic heterocycles. The Bertz CT molecular complexity index is 919. The van der Waals surface area contributed by atoms with Gasteiger partial charge < -0.3 is 14.8 Å². The summed E-state index contributed by atoms with van der Waals surface area (Å²) < 4.78 is 11.8. The molecule has 1 N–H and O–H groups in total. The fraction of sp³-hybridized carbons (Fsp3) is 0.522. The molecule has 1 aromatic carbocycles. The lowest BCUT2D eigenvalue weighted by atomic mass is 9.85. The number of thiophene rings is 1. The molecule has 6 rings (SSSR count). The summed E-state index contributed by atoms with van der Waals surface area (Å²) in [6, 6.07) is 6.32. The summed E-state index contributed by atoms with van der Waals surface area (Å²) in [4.78, 5) is 15.2. The predicted octanol–water partition coefficient (Wildman–Crippen LogP) is 4.54. The molecule has 1 unspecified atom stereocenters. The highest BCUT2D eigenvalue weighted by Crippen LogP contribution is 2.40. The molecule has 2 aromatic rings. The molecule has 29 heavy (non-hydrogen) atoms. The number of amides is 1. The third-order valence-electron chi connectivity index (χ3n) is 6.83. The van der Waals surface area contributed by atoms with Crippen molar-refractivity contribution in [3.63, 3.8) is 0 Å². The molecular formula is C23H28N2O3S. The van der Waals surface area contributed by atoms with E-state index in [-0.39, 0.29) is 12.2 Å². The first-order valence-electron chi connectivity index (χ1n) is 10.5. The lowest BCUT2D eigenvalue weighted by molar-refractivity contribution is -0.0358. The van der Waals surface area contributed by atoms with Crippen LogP contribution in [0.3, 0.4) is 0 Å². The summed E-state index contributed by atoms with van der Waals surface area (Å²) in [7, 11) is 0. The molecule has 4 aliphatic heterocycles. The number of hydrogen-bond donors (Lipinski definition) is 1. The number of carbonyl (C=O) groups is 1. The Labute approximate surface area is 176 Å². The molecule has 0 aliphatic carbocycles. The van der Waals surface area contributed by atoms with E-state index in [1.54, 1.807) is 11.3 Å². The number of nitrogens with one attached hydrogen (secondary N) is 1. The highest BCUT2D eigenvalue weighted by molar-refractivity contribution is 7.08. The van der Waals surface area contributed by atoms with Crippen LogP contribution in [0.5, 0.6) is 5.75 Å². The van der Waals surface area contributed by atoms with Crippen molar-refractivity contribution in [3.8, 4) is 16.9 Å². The number of rotatable bonds is 3. The van der Waals surface area contributed by atoms with Crippen molar-refractivity contribution in [2.75, 3.05) is 26.2 Å². The second kappa shape index (κ2) is 7.33. The van der Waals surface area contributed by atoms with Crippen molar-refractivity contribution in [2.45, 2.75) is 44.8 Å². The number of ether oxygens (including phenoxy) is 2. The Morgan fingerprint density at radius 2 is 2.14 bits per heavy atom. The third kappa shape index (κ3) is 3.53. The summed E-state index contributed by atoms with van der Waals surface area (Å²) in [6.45, 7) is 7.93. The number of aryl methyl sites for hydroxylation is 1. The molecule has 3 saturated heterocycles. The topological polar surface area (TPSA) is 50.8 Å². The van der Waals surface area contributed by atoms with Gasteiger partial charge in [-0.25, -0.2) is 4.79 Å². The second-order valence-electron chi connectivity index (χ2n) is 8.82. The van der Waals surface area contributed by atoms with Crippen molar-refractivity contribution in [3.05, 3.63) is 40.1 Å². The predicted molar refractivity (Wildman–Crippen MR) is 115 cm³/mol. The lowest BCUT2D eigenvalue weighted by Gasteiger charge is -2.44. The van der Waals surface area contributed by atoms with E-state index in [2.05, 4.69) is 53.0 Å². The highest BCUT2D eigenvalue weighted by Gasteiger charge is 2.39. The molecule has 154 valence electrons. The Hall–Kier alpha value is -2.05. The van der Waals surface area contributed by atoms with Crippen molar-refractivity contribution < 1.29 is 14.3 Å². The smallest absolute Gasteiger partial charge is 0.408 e. The molecule has 2 atom stereocenters. The first kappa shape index (κ1) is 18.9. The molecule has 4 aliphatic rings. The van der Waals surface area contributed by atoms with Gasteiger partial charge in [0.2, 0.25) is 0 Å². The van der Waals surface area contributed by atoms with Gasteiger partial charge in [-0.1, -0.05) is 12.1 Å².